The number of carbonyl (C=O) groups is 3. The predicted octanol–water partition coefficient (Wildman–Crippen LogP) is 3.42. The summed E-state index contributed by atoms with van der Waals surface area (Å²) in [6.07, 6.45) is 1.33. The molecular formula is C19H14BrN3O6. The van der Waals surface area contributed by atoms with Crippen LogP contribution in [0.25, 0.3) is 6.08 Å². The van der Waals surface area contributed by atoms with Gasteiger partial charge in [0.15, 0.2) is 0 Å². The number of imide groups is 2. The number of non-ortho nitro benzene ring substituents is 1. The molecule has 0 aromatic heterocycles. The first-order chi connectivity index (χ1) is 13.8. The van der Waals surface area contributed by atoms with E-state index >= 15 is 0 Å². The van der Waals surface area contributed by atoms with Crippen molar-refractivity contribution in [2.75, 3.05) is 11.5 Å². The highest BCUT2D eigenvalue weighted by Crippen LogP contribution is 2.28. The summed E-state index contributed by atoms with van der Waals surface area (Å²) in [6, 6.07) is 9.01. The molecule has 1 saturated heterocycles. The van der Waals surface area contributed by atoms with Gasteiger partial charge >= 0.3 is 6.03 Å². The molecule has 3 rings (SSSR count). The largest absolute Gasteiger partial charge is 0.493 e. The first-order valence-corrected chi connectivity index (χ1v) is 9.19. The maximum atomic E-state index is 12.9. The van der Waals surface area contributed by atoms with Gasteiger partial charge < -0.3 is 4.74 Å². The summed E-state index contributed by atoms with van der Waals surface area (Å²) in [6.45, 7) is 2.18. The number of hydrogen-bond donors (Lipinski definition) is 1. The molecule has 0 unspecified atom stereocenters. The maximum Gasteiger partial charge on any atom is 0.335 e. The molecule has 10 heteroatoms. The van der Waals surface area contributed by atoms with Crippen molar-refractivity contribution in [2.45, 2.75) is 6.92 Å². The molecule has 0 bridgehead atoms. The normalized spacial score (nSPS) is 15.4. The van der Waals surface area contributed by atoms with Crippen LogP contribution < -0.4 is 15.0 Å². The summed E-state index contributed by atoms with van der Waals surface area (Å²) in [5, 5.41) is 12.9. The van der Waals surface area contributed by atoms with Crippen molar-refractivity contribution in [3.8, 4) is 5.75 Å². The number of nitrogens with zero attached hydrogens (tertiary/aromatic N) is 2. The number of anilines is 1. The van der Waals surface area contributed by atoms with Crippen LogP contribution in [0, 0.1) is 10.1 Å². The molecule has 0 radical (unpaired) electrons. The van der Waals surface area contributed by atoms with Crippen LogP contribution in [0.4, 0.5) is 16.2 Å². The van der Waals surface area contributed by atoms with Crippen LogP contribution in [0.1, 0.15) is 12.5 Å². The third-order valence-electron chi connectivity index (χ3n) is 3.99. The monoisotopic (exact) mass is 459 g/mol. The Labute approximate surface area is 173 Å². The fourth-order valence-corrected chi connectivity index (χ4v) is 3.07. The van der Waals surface area contributed by atoms with Crippen molar-refractivity contribution in [1.82, 2.24) is 5.32 Å². The molecule has 148 valence electrons. The lowest BCUT2D eigenvalue weighted by Crippen LogP contribution is -2.54. The standard InChI is InChI=1S/C19H14BrN3O6/c1-2-29-16-8-3-12(20)9-11(16)10-15-17(24)21-19(26)22(18(15)25)13-4-6-14(7-5-13)23(27)28/h3-10H,2H2,1H3,(H,21,24,26)/b15-10+. The van der Waals surface area contributed by atoms with Gasteiger partial charge in [-0.3, -0.25) is 25.0 Å². The van der Waals surface area contributed by atoms with Crippen LogP contribution in [0.5, 0.6) is 5.75 Å². The van der Waals surface area contributed by atoms with Gasteiger partial charge in [-0.15, -0.1) is 0 Å². The van der Waals surface area contributed by atoms with E-state index in [9.17, 15) is 24.5 Å². The van der Waals surface area contributed by atoms with Gasteiger partial charge in [0.25, 0.3) is 17.5 Å². The highest BCUT2D eigenvalue weighted by molar-refractivity contribution is 9.10. The van der Waals surface area contributed by atoms with Crippen LogP contribution >= 0.6 is 15.9 Å². The number of rotatable bonds is 5. The summed E-state index contributed by atoms with van der Waals surface area (Å²) in [4.78, 5) is 48.4. The average Bonchev–Trinajstić information content (AvgIpc) is 2.67. The van der Waals surface area contributed by atoms with E-state index in [4.69, 9.17) is 4.74 Å². The Morgan fingerprint density at radius 2 is 1.86 bits per heavy atom. The first kappa shape index (κ1) is 20.2. The number of halogens is 1. The van der Waals surface area contributed by atoms with E-state index in [0.717, 1.165) is 17.0 Å². The number of amides is 4. The van der Waals surface area contributed by atoms with Crippen LogP contribution in [0.2, 0.25) is 0 Å². The molecule has 1 N–H and O–H groups in total. The number of carbonyl (C=O) groups excluding carboxylic acids is 3. The number of urea groups is 1. The molecule has 0 spiro atoms. The molecule has 1 aliphatic heterocycles. The molecule has 2 aromatic carbocycles. The zero-order chi connectivity index (χ0) is 21.1. The Kier molecular flexibility index (Phi) is 5.74. The number of nitro benzene ring substituents is 1. The van der Waals surface area contributed by atoms with Gasteiger partial charge in [-0.25, -0.2) is 9.69 Å². The fraction of sp³-hybridized carbons (Fsp3) is 0.105. The summed E-state index contributed by atoms with van der Waals surface area (Å²) < 4.78 is 6.23. The molecule has 1 heterocycles. The van der Waals surface area contributed by atoms with Gasteiger partial charge in [-0.1, -0.05) is 15.9 Å². The van der Waals surface area contributed by atoms with Crippen molar-refractivity contribution in [2.24, 2.45) is 0 Å². The zero-order valence-electron chi connectivity index (χ0n) is 15.0. The molecular weight excluding hydrogens is 446 g/mol. The second kappa shape index (κ2) is 8.23. The van der Waals surface area contributed by atoms with Gasteiger partial charge in [0.2, 0.25) is 0 Å². The number of benzene rings is 2. The summed E-state index contributed by atoms with van der Waals surface area (Å²) in [5.74, 6) is -1.24. The van der Waals surface area contributed by atoms with E-state index in [1.165, 1.54) is 18.2 Å². The zero-order valence-corrected chi connectivity index (χ0v) is 16.6. The number of nitrogens with one attached hydrogen (secondary N) is 1. The molecule has 9 nitrogen and oxygen atoms in total. The van der Waals surface area contributed by atoms with E-state index in [2.05, 4.69) is 21.2 Å². The first-order valence-electron chi connectivity index (χ1n) is 8.40. The number of nitro groups is 1. The van der Waals surface area contributed by atoms with Crippen molar-refractivity contribution in [1.29, 1.82) is 0 Å². The second-order valence-corrected chi connectivity index (χ2v) is 6.76. The number of ether oxygens (including phenoxy) is 1. The van der Waals surface area contributed by atoms with Crippen molar-refractivity contribution in [3.63, 3.8) is 0 Å². The van der Waals surface area contributed by atoms with Crippen molar-refractivity contribution >= 4 is 51.2 Å². The summed E-state index contributed by atoms with van der Waals surface area (Å²) in [5.41, 5.74) is 0.0939. The lowest BCUT2D eigenvalue weighted by atomic mass is 10.1. The van der Waals surface area contributed by atoms with Gasteiger partial charge in [-0.2, -0.15) is 0 Å². The van der Waals surface area contributed by atoms with Gasteiger partial charge in [-0.05, 0) is 43.3 Å². The lowest BCUT2D eigenvalue weighted by Gasteiger charge is -2.26. The highest BCUT2D eigenvalue weighted by Gasteiger charge is 2.37. The fourth-order valence-electron chi connectivity index (χ4n) is 2.69. The highest BCUT2D eigenvalue weighted by atomic mass is 79.9. The number of barbiturate groups is 1. The molecule has 4 amide bonds. The van der Waals surface area contributed by atoms with Crippen molar-refractivity contribution in [3.05, 3.63) is 68.2 Å². The topological polar surface area (TPSA) is 119 Å². The summed E-state index contributed by atoms with van der Waals surface area (Å²) >= 11 is 3.33. The Morgan fingerprint density at radius 1 is 1.17 bits per heavy atom. The van der Waals surface area contributed by atoms with E-state index in [0.29, 0.717) is 22.4 Å². The maximum absolute atomic E-state index is 12.9. The number of hydrogen-bond acceptors (Lipinski definition) is 6. The molecule has 1 fully saturated rings. The van der Waals surface area contributed by atoms with Crippen LogP contribution in [-0.2, 0) is 9.59 Å². The molecule has 0 saturated carbocycles. The Hall–Kier alpha value is -3.53. The van der Waals surface area contributed by atoms with E-state index in [1.807, 2.05) is 0 Å². The minimum absolute atomic E-state index is 0.0933. The van der Waals surface area contributed by atoms with Crippen LogP contribution in [0.15, 0.2) is 52.5 Å². The third kappa shape index (κ3) is 4.16. The van der Waals surface area contributed by atoms with Gasteiger partial charge in [0.1, 0.15) is 11.3 Å². The molecule has 2 aromatic rings. The molecule has 1 aliphatic rings. The third-order valence-corrected chi connectivity index (χ3v) is 4.49. The predicted molar refractivity (Wildman–Crippen MR) is 107 cm³/mol. The van der Waals surface area contributed by atoms with Gasteiger partial charge in [0, 0.05) is 22.2 Å². The summed E-state index contributed by atoms with van der Waals surface area (Å²) in [7, 11) is 0. The Bertz CT molecular complexity index is 1050. The lowest BCUT2D eigenvalue weighted by molar-refractivity contribution is -0.384. The Balaban J connectivity index is 2.02. The van der Waals surface area contributed by atoms with E-state index in [-0.39, 0.29) is 16.9 Å². The van der Waals surface area contributed by atoms with E-state index in [1.54, 1.807) is 25.1 Å². The second-order valence-electron chi connectivity index (χ2n) is 5.85. The molecule has 0 aliphatic carbocycles. The minimum atomic E-state index is -0.940. The van der Waals surface area contributed by atoms with Crippen molar-refractivity contribution < 1.29 is 24.0 Å². The average molecular weight is 460 g/mol. The smallest absolute Gasteiger partial charge is 0.335 e. The molecule has 29 heavy (non-hydrogen) atoms. The molecule has 0 atom stereocenters. The minimum Gasteiger partial charge on any atom is -0.493 e. The quantitative estimate of drug-likeness (QED) is 0.316. The SMILES string of the molecule is CCOc1ccc(Br)cc1/C=C1\C(=O)NC(=O)N(c2ccc([N+](=O)[O-])cc2)C1=O. The van der Waals surface area contributed by atoms with Gasteiger partial charge in [0.05, 0.1) is 17.2 Å². The van der Waals surface area contributed by atoms with Crippen LogP contribution in [-0.4, -0.2) is 29.4 Å². The Morgan fingerprint density at radius 3 is 2.48 bits per heavy atom. The van der Waals surface area contributed by atoms with Crippen LogP contribution in [0.3, 0.4) is 0 Å². The van der Waals surface area contributed by atoms with E-state index < -0.39 is 22.8 Å².